The zero-order valence-electron chi connectivity index (χ0n) is 14.2. The van der Waals surface area contributed by atoms with Crippen LogP contribution in [-0.2, 0) is 25.8 Å². The third kappa shape index (κ3) is 4.51. The standard InChI is InChI=1S/C15H18F2N4O4S2/c16-13-6-12(7-14(17)8-13)10-26(22,23)20-2-1-3-21(5-4-20)27(24,25)15-9-18-11-19-15/h6-9,11H,1-5,10H2,(H,18,19). The van der Waals surface area contributed by atoms with Gasteiger partial charge in [-0.05, 0) is 24.1 Å². The molecule has 2 heterocycles. The van der Waals surface area contributed by atoms with Gasteiger partial charge in [-0.15, -0.1) is 0 Å². The maximum absolute atomic E-state index is 13.3. The van der Waals surface area contributed by atoms with E-state index in [1.807, 2.05) is 0 Å². The van der Waals surface area contributed by atoms with Gasteiger partial charge in [-0.3, -0.25) is 0 Å². The summed E-state index contributed by atoms with van der Waals surface area (Å²) in [6.07, 6.45) is 2.73. The zero-order chi connectivity index (χ0) is 19.7. The third-order valence-electron chi connectivity index (χ3n) is 4.17. The van der Waals surface area contributed by atoms with Gasteiger partial charge in [-0.1, -0.05) is 0 Å². The predicted octanol–water partition coefficient (Wildman–Crippen LogP) is 0.914. The molecule has 1 aromatic carbocycles. The Kier molecular flexibility index (Phi) is 5.60. The van der Waals surface area contributed by atoms with E-state index in [4.69, 9.17) is 0 Å². The van der Waals surface area contributed by atoms with Crippen molar-refractivity contribution in [2.24, 2.45) is 0 Å². The molecule has 1 aliphatic rings. The fourth-order valence-electron chi connectivity index (χ4n) is 2.91. The van der Waals surface area contributed by atoms with Crippen LogP contribution in [0.15, 0.2) is 35.7 Å². The van der Waals surface area contributed by atoms with Gasteiger partial charge in [0.2, 0.25) is 10.0 Å². The molecule has 0 saturated carbocycles. The molecule has 1 aromatic heterocycles. The van der Waals surface area contributed by atoms with Gasteiger partial charge in [0, 0.05) is 32.2 Å². The number of H-pyrrole nitrogens is 1. The summed E-state index contributed by atoms with van der Waals surface area (Å²) >= 11 is 0. The average molecular weight is 420 g/mol. The van der Waals surface area contributed by atoms with Crippen LogP contribution in [0, 0.1) is 11.6 Å². The molecule has 3 rings (SSSR count). The summed E-state index contributed by atoms with van der Waals surface area (Å²) in [5.74, 6) is -2.27. The van der Waals surface area contributed by atoms with Crippen molar-refractivity contribution >= 4 is 20.0 Å². The van der Waals surface area contributed by atoms with E-state index in [2.05, 4.69) is 9.97 Å². The number of aromatic nitrogens is 2. The van der Waals surface area contributed by atoms with E-state index in [1.54, 1.807) is 0 Å². The van der Waals surface area contributed by atoms with E-state index in [-0.39, 0.29) is 36.8 Å². The van der Waals surface area contributed by atoms with Gasteiger partial charge in [-0.25, -0.2) is 34.9 Å². The number of imidazole rings is 1. The van der Waals surface area contributed by atoms with Gasteiger partial charge in [0.05, 0.1) is 18.3 Å². The molecule has 0 bridgehead atoms. The number of halogens is 2. The van der Waals surface area contributed by atoms with E-state index >= 15 is 0 Å². The molecule has 0 spiro atoms. The maximum atomic E-state index is 13.3. The van der Waals surface area contributed by atoms with Gasteiger partial charge in [0.15, 0.2) is 5.03 Å². The van der Waals surface area contributed by atoms with Crippen molar-refractivity contribution in [1.82, 2.24) is 18.6 Å². The Morgan fingerprint density at radius 2 is 1.59 bits per heavy atom. The van der Waals surface area contributed by atoms with Gasteiger partial charge in [-0.2, -0.15) is 4.31 Å². The van der Waals surface area contributed by atoms with Gasteiger partial charge < -0.3 is 4.98 Å². The Morgan fingerprint density at radius 1 is 0.963 bits per heavy atom. The fraction of sp³-hybridized carbons (Fsp3) is 0.400. The van der Waals surface area contributed by atoms with Crippen LogP contribution in [0.2, 0.25) is 0 Å². The lowest BCUT2D eigenvalue weighted by molar-refractivity contribution is 0.403. The van der Waals surface area contributed by atoms with Crippen molar-refractivity contribution in [1.29, 1.82) is 0 Å². The van der Waals surface area contributed by atoms with Crippen LogP contribution in [0.1, 0.15) is 12.0 Å². The average Bonchev–Trinajstić information content (AvgIpc) is 2.97. The molecule has 27 heavy (non-hydrogen) atoms. The van der Waals surface area contributed by atoms with Crippen molar-refractivity contribution in [3.63, 3.8) is 0 Å². The van der Waals surface area contributed by atoms with E-state index in [0.717, 1.165) is 16.4 Å². The van der Waals surface area contributed by atoms with Crippen LogP contribution in [0.3, 0.4) is 0 Å². The summed E-state index contributed by atoms with van der Waals surface area (Å²) in [5.41, 5.74) is -0.00122. The first-order valence-electron chi connectivity index (χ1n) is 8.10. The summed E-state index contributed by atoms with van der Waals surface area (Å²) in [6, 6.07) is 2.60. The third-order valence-corrected chi connectivity index (χ3v) is 7.84. The highest BCUT2D eigenvalue weighted by Gasteiger charge is 2.31. The Balaban J connectivity index is 1.73. The molecule has 1 N–H and O–H groups in total. The Labute approximate surface area is 155 Å². The summed E-state index contributed by atoms with van der Waals surface area (Å²) < 4.78 is 79.2. The first kappa shape index (κ1) is 19.9. The highest BCUT2D eigenvalue weighted by molar-refractivity contribution is 7.89. The molecule has 8 nitrogen and oxygen atoms in total. The molecule has 0 aliphatic carbocycles. The van der Waals surface area contributed by atoms with E-state index in [1.165, 1.54) is 16.8 Å². The van der Waals surface area contributed by atoms with Crippen molar-refractivity contribution in [2.75, 3.05) is 26.2 Å². The quantitative estimate of drug-likeness (QED) is 0.775. The van der Waals surface area contributed by atoms with Gasteiger partial charge >= 0.3 is 0 Å². The zero-order valence-corrected chi connectivity index (χ0v) is 15.8. The lowest BCUT2D eigenvalue weighted by atomic mass is 10.2. The fourth-order valence-corrected chi connectivity index (χ4v) is 5.81. The summed E-state index contributed by atoms with van der Waals surface area (Å²) in [7, 11) is -7.64. The van der Waals surface area contributed by atoms with Crippen molar-refractivity contribution < 1.29 is 25.6 Å². The molecule has 0 amide bonds. The van der Waals surface area contributed by atoms with Crippen LogP contribution < -0.4 is 0 Å². The van der Waals surface area contributed by atoms with Crippen molar-refractivity contribution in [3.05, 3.63) is 47.9 Å². The minimum atomic E-state index is -3.86. The number of nitrogens with one attached hydrogen (secondary N) is 1. The summed E-state index contributed by atoms with van der Waals surface area (Å²) in [6.45, 7) is 0.197. The highest BCUT2D eigenvalue weighted by atomic mass is 32.2. The molecule has 1 aliphatic heterocycles. The minimum absolute atomic E-state index is 0.00122. The van der Waals surface area contributed by atoms with E-state index in [9.17, 15) is 25.6 Å². The van der Waals surface area contributed by atoms with E-state index in [0.29, 0.717) is 12.5 Å². The minimum Gasteiger partial charge on any atom is -0.335 e. The van der Waals surface area contributed by atoms with Crippen LogP contribution in [-0.4, -0.2) is 61.6 Å². The second-order valence-corrected chi connectivity index (χ2v) is 9.98. The van der Waals surface area contributed by atoms with Crippen LogP contribution in [0.25, 0.3) is 0 Å². The molecule has 0 radical (unpaired) electrons. The molecule has 0 unspecified atom stereocenters. The Bertz CT molecular complexity index is 990. The SMILES string of the molecule is O=S(=O)(Cc1cc(F)cc(F)c1)N1CCCN(S(=O)(=O)c2cnc[nH]2)CC1. The lowest BCUT2D eigenvalue weighted by Gasteiger charge is -2.21. The topological polar surface area (TPSA) is 103 Å². The summed E-state index contributed by atoms with van der Waals surface area (Å²) in [5, 5.41) is -0.0611. The number of hydrogen-bond acceptors (Lipinski definition) is 5. The molecular formula is C15H18F2N4O4S2. The lowest BCUT2D eigenvalue weighted by Crippen LogP contribution is -2.37. The normalized spacial score (nSPS) is 17.7. The number of benzene rings is 1. The number of aromatic amines is 1. The van der Waals surface area contributed by atoms with Crippen molar-refractivity contribution in [3.8, 4) is 0 Å². The Hall–Kier alpha value is -1.89. The molecule has 0 atom stereocenters. The Morgan fingerprint density at radius 3 is 2.22 bits per heavy atom. The smallest absolute Gasteiger partial charge is 0.260 e. The van der Waals surface area contributed by atoms with Crippen LogP contribution in [0.4, 0.5) is 8.78 Å². The predicted molar refractivity (Wildman–Crippen MR) is 92.5 cm³/mol. The number of rotatable bonds is 5. The molecule has 2 aromatic rings. The maximum Gasteiger partial charge on any atom is 0.260 e. The molecule has 12 heteroatoms. The number of hydrogen-bond donors (Lipinski definition) is 1. The van der Waals surface area contributed by atoms with Gasteiger partial charge in [0.1, 0.15) is 11.6 Å². The van der Waals surface area contributed by atoms with Crippen molar-refractivity contribution in [2.45, 2.75) is 17.2 Å². The molecule has 1 saturated heterocycles. The first-order valence-corrected chi connectivity index (χ1v) is 11.1. The molecule has 1 fully saturated rings. The monoisotopic (exact) mass is 420 g/mol. The second kappa shape index (κ2) is 7.62. The first-order chi connectivity index (χ1) is 12.7. The highest BCUT2D eigenvalue weighted by Crippen LogP contribution is 2.19. The molecule has 148 valence electrons. The summed E-state index contributed by atoms with van der Waals surface area (Å²) in [4.78, 5) is 6.23. The van der Waals surface area contributed by atoms with Crippen LogP contribution >= 0.6 is 0 Å². The van der Waals surface area contributed by atoms with Crippen LogP contribution in [0.5, 0.6) is 0 Å². The second-order valence-electron chi connectivity index (χ2n) is 6.11. The van der Waals surface area contributed by atoms with Gasteiger partial charge in [0.25, 0.3) is 10.0 Å². The number of sulfonamides is 2. The van der Waals surface area contributed by atoms with E-state index < -0.39 is 37.4 Å². The number of nitrogens with zero attached hydrogens (tertiary/aromatic N) is 3. The molecular weight excluding hydrogens is 402 g/mol. The largest absolute Gasteiger partial charge is 0.335 e.